The molecule has 29 heavy (non-hydrogen) atoms. The van der Waals surface area contributed by atoms with Gasteiger partial charge in [-0.3, -0.25) is 19.3 Å². The van der Waals surface area contributed by atoms with E-state index in [9.17, 15) is 14.4 Å². The summed E-state index contributed by atoms with van der Waals surface area (Å²) < 4.78 is 0. The molecule has 1 aliphatic rings. The van der Waals surface area contributed by atoms with Gasteiger partial charge in [0.15, 0.2) is 0 Å². The van der Waals surface area contributed by atoms with Gasteiger partial charge in [0, 0.05) is 18.2 Å². The minimum absolute atomic E-state index is 0. The third-order valence-electron chi connectivity index (χ3n) is 4.79. The van der Waals surface area contributed by atoms with Gasteiger partial charge in [-0.1, -0.05) is 44.2 Å². The third-order valence-corrected chi connectivity index (χ3v) is 4.79. The molecule has 0 saturated heterocycles. The van der Waals surface area contributed by atoms with E-state index in [4.69, 9.17) is 5.73 Å². The zero-order chi connectivity index (χ0) is 20.3. The Morgan fingerprint density at radius 3 is 2.31 bits per heavy atom. The third kappa shape index (κ3) is 5.02. The van der Waals surface area contributed by atoms with E-state index < -0.39 is 0 Å². The number of amides is 3. The van der Waals surface area contributed by atoms with Crippen LogP contribution in [0, 0.1) is 5.92 Å². The van der Waals surface area contributed by atoms with E-state index in [1.165, 1.54) is 11.0 Å². The Hall–Kier alpha value is -2.70. The number of nitrogens with zero attached hydrogens (tertiary/aromatic N) is 1. The van der Waals surface area contributed by atoms with Gasteiger partial charge in [0.1, 0.15) is 0 Å². The fourth-order valence-electron chi connectivity index (χ4n) is 3.39. The van der Waals surface area contributed by atoms with E-state index in [-0.39, 0.29) is 48.3 Å². The minimum atomic E-state index is -0.379. The molecule has 1 heterocycles. The highest BCUT2D eigenvalue weighted by Gasteiger charge is 2.36. The molecule has 6 nitrogen and oxygen atoms in total. The number of rotatable bonds is 7. The molecule has 2 aromatic carbocycles. The first-order chi connectivity index (χ1) is 13.4. The Labute approximate surface area is 176 Å². The van der Waals surface area contributed by atoms with Gasteiger partial charge in [0.25, 0.3) is 17.7 Å². The molecule has 0 saturated carbocycles. The quantitative estimate of drug-likeness (QED) is 0.680. The van der Waals surface area contributed by atoms with Crippen LogP contribution in [0.3, 0.4) is 0 Å². The average molecular weight is 416 g/mol. The number of carbonyl (C=O) groups excluding carboxylic acids is 3. The molecule has 2 aromatic rings. The normalized spacial score (nSPS) is 13.9. The first-order valence-corrected chi connectivity index (χ1v) is 9.45. The van der Waals surface area contributed by atoms with Crippen LogP contribution in [0.15, 0.2) is 48.5 Å². The number of nitrogens with one attached hydrogen (secondary N) is 1. The SMILES string of the molecule is CC(C)CC(CN)NC(=O)c1ccc2c(c1)C(=O)N(Cc1ccccc1)C2=O.Cl. The molecule has 3 amide bonds. The van der Waals surface area contributed by atoms with Crippen molar-refractivity contribution in [2.24, 2.45) is 11.7 Å². The molecular formula is C22H26ClN3O3. The van der Waals surface area contributed by atoms with Crippen molar-refractivity contribution in [1.29, 1.82) is 0 Å². The fraction of sp³-hybridized carbons (Fsp3) is 0.318. The van der Waals surface area contributed by atoms with Gasteiger partial charge >= 0.3 is 0 Å². The molecule has 1 unspecified atom stereocenters. The summed E-state index contributed by atoms with van der Waals surface area (Å²) in [5, 5.41) is 2.91. The largest absolute Gasteiger partial charge is 0.348 e. The van der Waals surface area contributed by atoms with Crippen LogP contribution in [-0.4, -0.2) is 35.2 Å². The van der Waals surface area contributed by atoms with Crippen LogP contribution >= 0.6 is 12.4 Å². The molecule has 0 aromatic heterocycles. The van der Waals surface area contributed by atoms with Crippen LogP contribution in [0.5, 0.6) is 0 Å². The van der Waals surface area contributed by atoms with Crippen molar-refractivity contribution in [2.45, 2.75) is 32.9 Å². The van der Waals surface area contributed by atoms with Crippen molar-refractivity contribution in [3.05, 3.63) is 70.8 Å². The molecule has 3 rings (SSSR count). The lowest BCUT2D eigenvalue weighted by Gasteiger charge is -2.19. The van der Waals surface area contributed by atoms with Crippen LogP contribution in [0.1, 0.15) is 56.9 Å². The van der Waals surface area contributed by atoms with Gasteiger partial charge in [-0.05, 0) is 36.1 Å². The maximum absolute atomic E-state index is 12.8. The topological polar surface area (TPSA) is 92.5 Å². The highest BCUT2D eigenvalue weighted by Crippen LogP contribution is 2.25. The lowest BCUT2D eigenvalue weighted by atomic mass is 10.0. The summed E-state index contributed by atoms with van der Waals surface area (Å²) in [7, 11) is 0. The summed E-state index contributed by atoms with van der Waals surface area (Å²) in [6.45, 7) is 4.68. The number of halogens is 1. The minimum Gasteiger partial charge on any atom is -0.348 e. The van der Waals surface area contributed by atoms with Gasteiger partial charge in [-0.2, -0.15) is 0 Å². The van der Waals surface area contributed by atoms with Crippen LogP contribution in [0.4, 0.5) is 0 Å². The second-order valence-corrected chi connectivity index (χ2v) is 7.48. The molecule has 0 radical (unpaired) electrons. The van der Waals surface area contributed by atoms with E-state index in [2.05, 4.69) is 19.2 Å². The monoisotopic (exact) mass is 415 g/mol. The van der Waals surface area contributed by atoms with Crippen molar-refractivity contribution < 1.29 is 14.4 Å². The molecular weight excluding hydrogens is 390 g/mol. The highest BCUT2D eigenvalue weighted by molar-refractivity contribution is 6.22. The van der Waals surface area contributed by atoms with Crippen molar-refractivity contribution in [3.8, 4) is 0 Å². The molecule has 7 heteroatoms. The Morgan fingerprint density at radius 1 is 1.03 bits per heavy atom. The van der Waals surface area contributed by atoms with E-state index in [1.54, 1.807) is 12.1 Å². The molecule has 154 valence electrons. The van der Waals surface area contributed by atoms with Gasteiger partial charge in [0.05, 0.1) is 17.7 Å². The summed E-state index contributed by atoms with van der Waals surface area (Å²) >= 11 is 0. The molecule has 0 bridgehead atoms. The highest BCUT2D eigenvalue weighted by atomic mass is 35.5. The summed E-state index contributed by atoms with van der Waals surface area (Å²) in [6.07, 6.45) is 0.773. The zero-order valence-corrected chi connectivity index (χ0v) is 17.4. The maximum atomic E-state index is 12.8. The Kier molecular flexibility index (Phi) is 7.53. The Balaban J connectivity index is 0.00000300. The van der Waals surface area contributed by atoms with Crippen molar-refractivity contribution in [2.75, 3.05) is 6.54 Å². The van der Waals surface area contributed by atoms with Gasteiger partial charge in [0.2, 0.25) is 0 Å². The van der Waals surface area contributed by atoms with Crippen LogP contribution in [-0.2, 0) is 6.54 Å². The van der Waals surface area contributed by atoms with Crippen molar-refractivity contribution in [1.82, 2.24) is 10.2 Å². The summed E-state index contributed by atoms with van der Waals surface area (Å²) in [5.74, 6) is -0.605. The van der Waals surface area contributed by atoms with E-state index in [0.717, 1.165) is 12.0 Å². The smallest absolute Gasteiger partial charge is 0.261 e. The van der Waals surface area contributed by atoms with E-state index in [1.807, 2.05) is 30.3 Å². The lowest BCUT2D eigenvalue weighted by molar-refractivity contribution is 0.0642. The van der Waals surface area contributed by atoms with E-state index in [0.29, 0.717) is 23.6 Å². The molecule has 0 spiro atoms. The van der Waals surface area contributed by atoms with Crippen LogP contribution in [0.25, 0.3) is 0 Å². The number of benzene rings is 2. The van der Waals surface area contributed by atoms with Crippen molar-refractivity contribution in [3.63, 3.8) is 0 Å². The number of nitrogens with two attached hydrogens (primary N) is 1. The number of hydrogen-bond donors (Lipinski definition) is 2. The lowest BCUT2D eigenvalue weighted by Crippen LogP contribution is -2.41. The maximum Gasteiger partial charge on any atom is 0.261 e. The van der Waals surface area contributed by atoms with Gasteiger partial charge in [-0.15, -0.1) is 12.4 Å². The fourth-order valence-corrected chi connectivity index (χ4v) is 3.39. The second kappa shape index (κ2) is 9.67. The predicted molar refractivity (Wildman–Crippen MR) is 114 cm³/mol. The molecule has 1 atom stereocenters. The standard InChI is InChI=1S/C22H25N3O3.ClH/c1-14(2)10-17(12-23)24-20(26)16-8-9-18-19(11-16)22(28)25(21(18)27)13-15-6-4-3-5-7-15;/h3-9,11,14,17H,10,12-13,23H2,1-2H3,(H,24,26);1H. The molecule has 1 aliphatic heterocycles. The van der Waals surface area contributed by atoms with Gasteiger partial charge < -0.3 is 11.1 Å². The second-order valence-electron chi connectivity index (χ2n) is 7.48. The average Bonchev–Trinajstić information content (AvgIpc) is 2.92. The number of hydrogen-bond acceptors (Lipinski definition) is 4. The summed E-state index contributed by atoms with van der Waals surface area (Å²) in [6, 6.07) is 13.8. The summed E-state index contributed by atoms with van der Waals surface area (Å²) in [4.78, 5) is 39.2. The number of carbonyl (C=O) groups is 3. The van der Waals surface area contributed by atoms with E-state index >= 15 is 0 Å². The summed E-state index contributed by atoms with van der Waals surface area (Å²) in [5.41, 5.74) is 7.56. The number of fused-ring (bicyclic) bond motifs is 1. The Bertz CT molecular complexity index is 899. The predicted octanol–water partition coefficient (Wildman–Crippen LogP) is 3.01. The zero-order valence-electron chi connectivity index (χ0n) is 16.6. The molecule has 0 fully saturated rings. The van der Waals surface area contributed by atoms with Crippen LogP contribution in [0.2, 0.25) is 0 Å². The first kappa shape index (κ1) is 22.6. The first-order valence-electron chi connectivity index (χ1n) is 9.45. The molecule has 3 N–H and O–H groups in total. The van der Waals surface area contributed by atoms with Crippen LogP contribution < -0.4 is 11.1 Å². The van der Waals surface area contributed by atoms with Gasteiger partial charge in [-0.25, -0.2) is 0 Å². The molecule has 0 aliphatic carbocycles. The number of imide groups is 1. The Morgan fingerprint density at radius 2 is 1.69 bits per heavy atom. The van der Waals surface area contributed by atoms with Crippen molar-refractivity contribution >= 4 is 30.1 Å².